The van der Waals surface area contributed by atoms with Gasteiger partial charge in [-0.1, -0.05) is 0 Å². The molecule has 2 aromatic rings. The number of pyridine rings is 1. The maximum absolute atomic E-state index is 12.6. The molecule has 0 amide bonds. The maximum Gasteiger partial charge on any atom is 0.416 e. The van der Waals surface area contributed by atoms with Crippen molar-refractivity contribution in [2.24, 2.45) is 0 Å². The number of benzene rings is 1. The summed E-state index contributed by atoms with van der Waals surface area (Å²) in [7, 11) is 0. The highest BCUT2D eigenvalue weighted by Crippen LogP contribution is 2.31. The zero-order chi connectivity index (χ0) is 16.0. The third kappa shape index (κ3) is 2.51. The Morgan fingerprint density at radius 3 is 2.33 bits per heavy atom. The molecule has 4 nitrogen and oxygen atoms in total. The van der Waals surface area contributed by atoms with Crippen LogP contribution < -0.4 is 5.56 Å². The van der Waals surface area contributed by atoms with E-state index in [1.807, 2.05) is 0 Å². The summed E-state index contributed by atoms with van der Waals surface area (Å²) < 4.78 is 38.9. The standard InChI is InChI=1S/C14H12F3NO3/c1-13(2,12(20)21)18-6-5-8-7-9(14(15,16)17)3-4-10(8)11(18)19/h3-7H,1-2H3,(H,20,21). The van der Waals surface area contributed by atoms with E-state index in [0.717, 1.165) is 22.8 Å². The van der Waals surface area contributed by atoms with Crippen molar-refractivity contribution in [1.82, 2.24) is 4.57 Å². The molecule has 0 spiro atoms. The highest BCUT2D eigenvalue weighted by Gasteiger charge is 2.32. The second-order valence-corrected chi connectivity index (χ2v) is 5.15. The van der Waals surface area contributed by atoms with Gasteiger partial charge in [0.2, 0.25) is 0 Å². The lowest BCUT2D eigenvalue weighted by molar-refractivity contribution is -0.145. The van der Waals surface area contributed by atoms with Gasteiger partial charge in [-0.25, -0.2) is 4.79 Å². The minimum Gasteiger partial charge on any atom is -0.480 e. The van der Waals surface area contributed by atoms with E-state index in [9.17, 15) is 22.8 Å². The highest BCUT2D eigenvalue weighted by atomic mass is 19.4. The molecule has 0 aliphatic carbocycles. The second kappa shape index (κ2) is 4.61. The van der Waals surface area contributed by atoms with Crippen LogP contribution in [-0.4, -0.2) is 15.6 Å². The molecule has 0 radical (unpaired) electrons. The first-order valence-electron chi connectivity index (χ1n) is 6.01. The number of rotatable bonds is 2. The number of alkyl halides is 3. The van der Waals surface area contributed by atoms with Gasteiger partial charge in [-0.05, 0) is 43.5 Å². The van der Waals surface area contributed by atoms with Crippen molar-refractivity contribution in [1.29, 1.82) is 0 Å². The average molecular weight is 299 g/mol. The van der Waals surface area contributed by atoms with Gasteiger partial charge in [-0.15, -0.1) is 0 Å². The molecule has 0 saturated carbocycles. The molecule has 1 aromatic heterocycles. The van der Waals surface area contributed by atoms with Gasteiger partial charge in [0.1, 0.15) is 5.54 Å². The van der Waals surface area contributed by atoms with Crippen molar-refractivity contribution in [3.05, 3.63) is 46.4 Å². The summed E-state index contributed by atoms with van der Waals surface area (Å²) in [6.07, 6.45) is -3.30. The number of hydrogen-bond acceptors (Lipinski definition) is 2. The van der Waals surface area contributed by atoms with E-state index in [-0.39, 0.29) is 10.8 Å². The van der Waals surface area contributed by atoms with Gasteiger partial charge >= 0.3 is 12.1 Å². The van der Waals surface area contributed by atoms with Gasteiger partial charge in [0, 0.05) is 11.6 Å². The Bertz CT molecular complexity index is 775. The number of nitrogens with zero attached hydrogens (tertiary/aromatic N) is 1. The number of hydrogen-bond donors (Lipinski definition) is 1. The first kappa shape index (κ1) is 15.1. The molecule has 21 heavy (non-hydrogen) atoms. The van der Waals surface area contributed by atoms with Crippen LogP contribution in [0.4, 0.5) is 13.2 Å². The topological polar surface area (TPSA) is 59.3 Å². The predicted molar refractivity (Wildman–Crippen MR) is 70.2 cm³/mol. The zero-order valence-electron chi connectivity index (χ0n) is 11.2. The Morgan fingerprint density at radius 1 is 1.19 bits per heavy atom. The van der Waals surface area contributed by atoms with Crippen LogP contribution in [0.3, 0.4) is 0 Å². The maximum atomic E-state index is 12.6. The van der Waals surface area contributed by atoms with Crippen molar-refractivity contribution in [3.63, 3.8) is 0 Å². The van der Waals surface area contributed by atoms with Crippen LogP contribution in [0, 0.1) is 0 Å². The van der Waals surface area contributed by atoms with Crippen molar-refractivity contribution in [3.8, 4) is 0 Å². The zero-order valence-corrected chi connectivity index (χ0v) is 11.2. The summed E-state index contributed by atoms with van der Waals surface area (Å²) in [5, 5.41) is 9.29. The monoisotopic (exact) mass is 299 g/mol. The molecule has 0 unspecified atom stereocenters. The van der Waals surface area contributed by atoms with Crippen LogP contribution in [0.5, 0.6) is 0 Å². The molecule has 0 saturated heterocycles. The lowest BCUT2D eigenvalue weighted by Gasteiger charge is -2.23. The highest BCUT2D eigenvalue weighted by molar-refractivity contribution is 5.83. The second-order valence-electron chi connectivity index (χ2n) is 5.15. The summed E-state index contributed by atoms with van der Waals surface area (Å²) >= 11 is 0. The Balaban J connectivity index is 2.71. The smallest absolute Gasteiger partial charge is 0.416 e. The average Bonchev–Trinajstić information content (AvgIpc) is 2.37. The van der Waals surface area contributed by atoms with E-state index in [2.05, 4.69) is 0 Å². The molecule has 2 rings (SSSR count). The number of aromatic nitrogens is 1. The van der Waals surface area contributed by atoms with Gasteiger partial charge in [0.15, 0.2) is 0 Å². The van der Waals surface area contributed by atoms with Crippen LogP contribution in [0.1, 0.15) is 19.4 Å². The van der Waals surface area contributed by atoms with Crippen molar-refractivity contribution >= 4 is 16.7 Å². The normalized spacial score (nSPS) is 12.6. The number of fused-ring (bicyclic) bond motifs is 1. The van der Waals surface area contributed by atoms with Crippen molar-refractivity contribution in [2.45, 2.75) is 25.6 Å². The van der Waals surface area contributed by atoms with Gasteiger partial charge in [-0.3, -0.25) is 9.36 Å². The predicted octanol–water partition coefficient (Wildman–Crippen LogP) is 2.84. The Kier molecular flexibility index (Phi) is 3.31. The van der Waals surface area contributed by atoms with Crippen molar-refractivity contribution < 1.29 is 23.1 Å². The number of carboxylic acids is 1. The van der Waals surface area contributed by atoms with Gasteiger partial charge in [0.25, 0.3) is 5.56 Å². The third-order valence-corrected chi connectivity index (χ3v) is 3.36. The molecular formula is C14H12F3NO3. The van der Waals surface area contributed by atoms with Crippen LogP contribution in [0.2, 0.25) is 0 Å². The Morgan fingerprint density at radius 2 is 1.81 bits per heavy atom. The number of carbonyl (C=O) groups is 1. The molecule has 1 heterocycles. The van der Waals surface area contributed by atoms with E-state index in [0.29, 0.717) is 0 Å². The van der Waals surface area contributed by atoms with E-state index in [4.69, 9.17) is 5.11 Å². The Hall–Kier alpha value is -2.31. The lowest BCUT2D eigenvalue weighted by atomic mass is 10.0. The van der Waals surface area contributed by atoms with Gasteiger partial charge in [0.05, 0.1) is 5.56 Å². The SMILES string of the molecule is CC(C)(C(=O)O)n1ccc2cc(C(F)(F)F)ccc2c1=O. The van der Waals surface area contributed by atoms with Crippen LogP contribution in [-0.2, 0) is 16.5 Å². The Labute approximate surface area is 117 Å². The molecule has 0 fully saturated rings. The quantitative estimate of drug-likeness (QED) is 0.927. The molecule has 0 atom stereocenters. The lowest BCUT2D eigenvalue weighted by Crippen LogP contribution is -2.42. The van der Waals surface area contributed by atoms with Crippen LogP contribution >= 0.6 is 0 Å². The minimum absolute atomic E-state index is 0.0415. The summed E-state index contributed by atoms with van der Waals surface area (Å²) in [5.41, 5.74) is -2.99. The van der Waals surface area contributed by atoms with E-state index >= 15 is 0 Å². The van der Waals surface area contributed by atoms with Gasteiger partial charge in [-0.2, -0.15) is 13.2 Å². The molecule has 0 aliphatic rings. The summed E-state index contributed by atoms with van der Waals surface area (Å²) in [6.45, 7) is 2.68. The fourth-order valence-corrected chi connectivity index (χ4v) is 1.97. The fraction of sp³-hybridized carbons (Fsp3) is 0.286. The molecule has 112 valence electrons. The third-order valence-electron chi connectivity index (χ3n) is 3.36. The fourth-order valence-electron chi connectivity index (χ4n) is 1.97. The molecule has 7 heteroatoms. The molecular weight excluding hydrogens is 287 g/mol. The first-order chi connectivity index (χ1) is 9.55. The summed E-state index contributed by atoms with van der Waals surface area (Å²) in [4.78, 5) is 23.4. The minimum atomic E-state index is -4.50. The molecule has 1 N–H and O–H groups in total. The number of halogens is 3. The van der Waals surface area contributed by atoms with Crippen LogP contribution in [0.25, 0.3) is 10.8 Å². The number of aliphatic carboxylic acids is 1. The first-order valence-corrected chi connectivity index (χ1v) is 6.01. The van der Waals surface area contributed by atoms with E-state index in [1.54, 1.807) is 0 Å². The van der Waals surface area contributed by atoms with Gasteiger partial charge < -0.3 is 5.11 Å². The van der Waals surface area contributed by atoms with Crippen LogP contribution in [0.15, 0.2) is 35.3 Å². The number of carboxylic acid groups (broad SMARTS) is 1. The molecule has 1 aromatic carbocycles. The summed E-state index contributed by atoms with van der Waals surface area (Å²) in [6, 6.07) is 4.04. The largest absolute Gasteiger partial charge is 0.480 e. The molecule has 0 aliphatic heterocycles. The van der Waals surface area contributed by atoms with Crippen molar-refractivity contribution in [2.75, 3.05) is 0 Å². The summed E-state index contributed by atoms with van der Waals surface area (Å²) in [5.74, 6) is -1.21. The molecule has 0 bridgehead atoms. The van der Waals surface area contributed by atoms with E-state index in [1.165, 1.54) is 26.1 Å². The van der Waals surface area contributed by atoms with E-state index < -0.39 is 28.8 Å².